The van der Waals surface area contributed by atoms with Crippen LogP contribution in [0.5, 0.6) is 0 Å². The molecule has 0 heterocycles. The van der Waals surface area contributed by atoms with Gasteiger partial charge in [-0.05, 0) is 53.5 Å². The molecule has 0 radical (unpaired) electrons. The van der Waals surface area contributed by atoms with Gasteiger partial charge in [0.25, 0.3) is 0 Å². The largest absolute Gasteiger partial charge is 0.315 e. The molecule has 0 rings (SSSR count). The first-order chi connectivity index (χ1) is 8.09. The number of unbranched alkanes of at least 4 members (excludes halogenated alkanes) is 3. The molecule has 0 bridgehead atoms. The molecule has 2 heteroatoms. The van der Waals surface area contributed by atoms with Gasteiger partial charge in [0, 0.05) is 25.2 Å². The normalized spacial score (nSPS) is 11.7. The number of nitrogens with one attached hydrogen (secondary N) is 1. The van der Waals surface area contributed by atoms with Crippen molar-refractivity contribution >= 4 is 0 Å². The highest BCUT2D eigenvalue weighted by molar-refractivity contribution is 4.68. The zero-order valence-corrected chi connectivity index (χ0v) is 12.3. The Hall–Kier alpha value is -0.340. The average Bonchev–Trinajstić information content (AvgIpc) is 2.26. The van der Waals surface area contributed by atoms with E-state index in [0.717, 1.165) is 26.1 Å². The van der Waals surface area contributed by atoms with Crippen LogP contribution < -0.4 is 5.32 Å². The molecule has 102 valence electrons. The molecule has 0 unspecified atom stereocenters. The van der Waals surface area contributed by atoms with E-state index in [4.69, 9.17) is 0 Å². The maximum absolute atomic E-state index is 3.74. The monoisotopic (exact) mass is 240 g/mol. The standard InChI is InChI=1S/C15H32N2/c1-6-7-8-9-10-11-16-12-13-17(14(2)3)15(4)5/h6,14-16H,1,7-13H2,2-5H3. The van der Waals surface area contributed by atoms with E-state index in [9.17, 15) is 0 Å². The van der Waals surface area contributed by atoms with Crippen molar-refractivity contribution in [2.24, 2.45) is 0 Å². The Morgan fingerprint density at radius 1 is 1.00 bits per heavy atom. The minimum Gasteiger partial charge on any atom is -0.315 e. The summed E-state index contributed by atoms with van der Waals surface area (Å²) in [7, 11) is 0. The molecular formula is C15H32N2. The van der Waals surface area contributed by atoms with Crippen LogP contribution in [0.4, 0.5) is 0 Å². The molecule has 17 heavy (non-hydrogen) atoms. The first-order valence-electron chi connectivity index (χ1n) is 7.17. The van der Waals surface area contributed by atoms with Crippen molar-refractivity contribution in [1.82, 2.24) is 10.2 Å². The molecule has 0 aromatic rings. The number of hydrogen-bond acceptors (Lipinski definition) is 2. The summed E-state index contributed by atoms with van der Waals surface area (Å²) < 4.78 is 0. The molecule has 0 aromatic carbocycles. The van der Waals surface area contributed by atoms with E-state index >= 15 is 0 Å². The minimum absolute atomic E-state index is 0.643. The number of rotatable bonds is 11. The van der Waals surface area contributed by atoms with Crippen molar-refractivity contribution in [2.45, 2.75) is 65.5 Å². The van der Waals surface area contributed by atoms with E-state index in [0.29, 0.717) is 12.1 Å². The molecule has 2 nitrogen and oxygen atoms in total. The third-order valence-corrected chi connectivity index (χ3v) is 3.14. The molecule has 1 N–H and O–H groups in total. The molecule has 0 spiro atoms. The number of allylic oxidation sites excluding steroid dienone is 1. The molecule has 0 aliphatic rings. The predicted octanol–water partition coefficient (Wildman–Crippen LogP) is 3.44. The van der Waals surface area contributed by atoms with Gasteiger partial charge in [0.05, 0.1) is 0 Å². The van der Waals surface area contributed by atoms with Crippen LogP contribution >= 0.6 is 0 Å². The Kier molecular flexibility index (Phi) is 10.6. The van der Waals surface area contributed by atoms with Gasteiger partial charge in [-0.25, -0.2) is 0 Å². The number of hydrogen-bond donors (Lipinski definition) is 1. The SMILES string of the molecule is C=CCCCCCNCCN(C(C)C)C(C)C. The first kappa shape index (κ1) is 16.7. The summed E-state index contributed by atoms with van der Waals surface area (Å²) in [5.74, 6) is 0. The van der Waals surface area contributed by atoms with Gasteiger partial charge in [0.1, 0.15) is 0 Å². The van der Waals surface area contributed by atoms with Gasteiger partial charge in [-0.2, -0.15) is 0 Å². The van der Waals surface area contributed by atoms with Crippen molar-refractivity contribution in [3.63, 3.8) is 0 Å². The molecule has 0 aromatic heterocycles. The summed E-state index contributed by atoms with van der Waals surface area (Å²) in [4.78, 5) is 2.53. The summed E-state index contributed by atoms with van der Waals surface area (Å²) in [6.07, 6.45) is 7.06. The lowest BCUT2D eigenvalue weighted by molar-refractivity contribution is 0.176. The van der Waals surface area contributed by atoms with Crippen LogP contribution in [-0.2, 0) is 0 Å². The smallest absolute Gasteiger partial charge is 0.0112 e. The Morgan fingerprint density at radius 3 is 2.18 bits per heavy atom. The Labute approximate surface area is 108 Å². The highest BCUT2D eigenvalue weighted by Gasteiger charge is 2.11. The molecule has 0 aliphatic heterocycles. The fraction of sp³-hybridized carbons (Fsp3) is 0.867. The Balaban J connectivity index is 3.39. The molecule has 0 saturated carbocycles. The lowest BCUT2D eigenvalue weighted by atomic mass is 10.2. The summed E-state index contributed by atoms with van der Waals surface area (Å²) in [6.45, 7) is 16.2. The predicted molar refractivity (Wildman–Crippen MR) is 78.5 cm³/mol. The topological polar surface area (TPSA) is 15.3 Å². The van der Waals surface area contributed by atoms with Gasteiger partial charge in [0.15, 0.2) is 0 Å². The van der Waals surface area contributed by atoms with Crippen molar-refractivity contribution < 1.29 is 0 Å². The van der Waals surface area contributed by atoms with Gasteiger partial charge < -0.3 is 5.32 Å². The third-order valence-electron chi connectivity index (χ3n) is 3.14. The molecule has 0 saturated heterocycles. The highest BCUT2D eigenvalue weighted by atomic mass is 15.2. The van der Waals surface area contributed by atoms with Gasteiger partial charge in [-0.15, -0.1) is 6.58 Å². The van der Waals surface area contributed by atoms with Crippen molar-refractivity contribution in [2.75, 3.05) is 19.6 Å². The Bertz CT molecular complexity index is 168. The van der Waals surface area contributed by atoms with E-state index < -0.39 is 0 Å². The second-order valence-corrected chi connectivity index (χ2v) is 5.31. The van der Waals surface area contributed by atoms with Crippen LogP contribution in [0.25, 0.3) is 0 Å². The van der Waals surface area contributed by atoms with Crippen LogP contribution in [0.2, 0.25) is 0 Å². The lowest BCUT2D eigenvalue weighted by Crippen LogP contribution is -2.41. The molecule has 0 aliphatic carbocycles. The fourth-order valence-electron chi connectivity index (χ4n) is 2.16. The van der Waals surface area contributed by atoms with Crippen LogP contribution in [0.3, 0.4) is 0 Å². The quantitative estimate of drug-likeness (QED) is 0.439. The van der Waals surface area contributed by atoms with Crippen molar-refractivity contribution in [3.05, 3.63) is 12.7 Å². The number of nitrogens with zero attached hydrogens (tertiary/aromatic N) is 1. The van der Waals surface area contributed by atoms with Crippen molar-refractivity contribution in [3.8, 4) is 0 Å². The van der Waals surface area contributed by atoms with Gasteiger partial charge in [-0.1, -0.05) is 12.5 Å². The van der Waals surface area contributed by atoms with E-state index in [2.05, 4.69) is 44.5 Å². The molecule has 0 atom stereocenters. The van der Waals surface area contributed by atoms with Crippen LogP contribution in [0.15, 0.2) is 12.7 Å². The van der Waals surface area contributed by atoms with E-state index in [1.807, 2.05) is 6.08 Å². The first-order valence-corrected chi connectivity index (χ1v) is 7.17. The van der Waals surface area contributed by atoms with E-state index in [1.165, 1.54) is 19.3 Å². The van der Waals surface area contributed by atoms with Crippen LogP contribution in [0.1, 0.15) is 53.4 Å². The summed E-state index contributed by atoms with van der Waals surface area (Å²) in [5, 5.41) is 3.54. The second-order valence-electron chi connectivity index (χ2n) is 5.31. The zero-order valence-electron chi connectivity index (χ0n) is 12.3. The Morgan fingerprint density at radius 2 is 1.65 bits per heavy atom. The average molecular weight is 240 g/mol. The second kappa shape index (κ2) is 10.8. The summed E-state index contributed by atoms with van der Waals surface area (Å²) >= 11 is 0. The maximum Gasteiger partial charge on any atom is 0.0112 e. The van der Waals surface area contributed by atoms with Gasteiger partial charge >= 0.3 is 0 Å². The van der Waals surface area contributed by atoms with Gasteiger partial charge in [0.2, 0.25) is 0 Å². The molecular weight excluding hydrogens is 208 g/mol. The lowest BCUT2D eigenvalue weighted by Gasteiger charge is -2.30. The van der Waals surface area contributed by atoms with E-state index in [1.54, 1.807) is 0 Å². The summed E-state index contributed by atoms with van der Waals surface area (Å²) in [5.41, 5.74) is 0. The molecule has 0 amide bonds. The third kappa shape index (κ3) is 9.37. The molecule has 0 fully saturated rings. The van der Waals surface area contributed by atoms with E-state index in [-0.39, 0.29) is 0 Å². The van der Waals surface area contributed by atoms with Gasteiger partial charge in [-0.3, -0.25) is 4.90 Å². The fourth-order valence-corrected chi connectivity index (χ4v) is 2.16. The summed E-state index contributed by atoms with van der Waals surface area (Å²) in [6, 6.07) is 1.29. The maximum atomic E-state index is 3.74. The minimum atomic E-state index is 0.643. The highest BCUT2D eigenvalue weighted by Crippen LogP contribution is 2.03. The van der Waals surface area contributed by atoms with Crippen LogP contribution in [0, 0.1) is 0 Å². The van der Waals surface area contributed by atoms with Crippen molar-refractivity contribution in [1.29, 1.82) is 0 Å². The van der Waals surface area contributed by atoms with Crippen LogP contribution in [-0.4, -0.2) is 36.6 Å². The zero-order chi connectivity index (χ0) is 13.1.